The Balaban J connectivity index is 1.71. The first-order valence-corrected chi connectivity index (χ1v) is 10.8. The number of carbonyl (C=O) groups excluding carboxylic acids is 1. The number of carbonyl (C=O) groups is 1. The average Bonchev–Trinajstić information content (AvgIpc) is 3.17. The monoisotopic (exact) mass is 379 g/mol. The Morgan fingerprint density at radius 2 is 1.70 bits per heavy atom. The fraction of sp³-hybridized carbons (Fsp3) is 0.905. The van der Waals surface area contributed by atoms with Gasteiger partial charge in [0.2, 0.25) is 5.91 Å². The van der Waals surface area contributed by atoms with Crippen molar-refractivity contribution in [3.05, 3.63) is 0 Å². The lowest BCUT2D eigenvalue weighted by molar-refractivity contribution is -0.138. The molecular formula is C21H41N5O. The van der Waals surface area contributed by atoms with Gasteiger partial charge in [0.05, 0.1) is 5.41 Å². The van der Waals surface area contributed by atoms with Gasteiger partial charge in [0.25, 0.3) is 0 Å². The van der Waals surface area contributed by atoms with Gasteiger partial charge < -0.3 is 20.4 Å². The fourth-order valence-corrected chi connectivity index (χ4v) is 4.71. The summed E-state index contributed by atoms with van der Waals surface area (Å²) in [7, 11) is 7.79. The van der Waals surface area contributed by atoms with Gasteiger partial charge >= 0.3 is 0 Å². The fourth-order valence-electron chi connectivity index (χ4n) is 4.71. The SMILES string of the molecule is CN=C(NCCCN(C)C1CCCCC1)NCC1(C(=O)N(C)C)CCCC1. The van der Waals surface area contributed by atoms with Gasteiger partial charge in [-0.05, 0) is 45.7 Å². The van der Waals surface area contributed by atoms with Gasteiger partial charge in [-0.1, -0.05) is 32.1 Å². The van der Waals surface area contributed by atoms with Crippen LogP contribution in [0.3, 0.4) is 0 Å². The van der Waals surface area contributed by atoms with E-state index < -0.39 is 0 Å². The Hall–Kier alpha value is -1.30. The summed E-state index contributed by atoms with van der Waals surface area (Å²) < 4.78 is 0. The predicted octanol–water partition coefficient (Wildman–Crippen LogP) is 2.45. The van der Waals surface area contributed by atoms with Crippen LogP contribution < -0.4 is 10.6 Å². The van der Waals surface area contributed by atoms with Crippen LogP contribution in [0.2, 0.25) is 0 Å². The van der Waals surface area contributed by atoms with Crippen molar-refractivity contribution >= 4 is 11.9 Å². The van der Waals surface area contributed by atoms with Crippen LogP contribution >= 0.6 is 0 Å². The Labute approximate surface area is 166 Å². The summed E-state index contributed by atoms with van der Waals surface area (Å²) in [5, 5.41) is 6.84. The third-order valence-electron chi connectivity index (χ3n) is 6.42. The summed E-state index contributed by atoms with van der Waals surface area (Å²) in [5.74, 6) is 1.06. The lowest BCUT2D eigenvalue weighted by atomic mass is 9.84. The maximum absolute atomic E-state index is 12.7. The first-order valence-electron chi connectivity index (χ1n) is 10.8. The van der Waals surface area contributed by atoms with Gasteiger partial charge in [-0.3, -0.25) is 9.79 Å². The summed E-state index contributed by atoms with van der Waals surface area (Å²) in [4.78, 5) is 21.3. The molecule has 0 bridgehead atoms. The number of hydrogen-bond donors (Lipinski definition) is 2. The van der Waals surface area contributed by atoms with E-state index >= 15 is 0 Å². The maximum atomic E-state index is 12.7. The normalized spacial score (nSPS) is 20.7. The van der Waals surface area contributed by atoms with Crippen molar-refractivity contribution in [2.75, 3.05) is 47.8 Å². The van der Waals surface area contributed by atoms with Crippen molar-refractivity contribution in [2.24, 2.45) is 10.4 Å². The molecule has 0 unspecified atom stereocenters. The second-order valence-corrected chi connectivity index (χ2v) is 8.67. The molecule has 2 N–H and O–H groups in total. The van der Waals surface area contributed by atoms with Crippen LogP contribution in [-0.2, 0) is 4.79 Å². The smallest absolute Gasteiger partial charge is 0.230 e. The molecule has 156 valence electrons. The van der Waals surface area contributed by atoms with E-state index in [1.807, 2.05) is 14.1 Å². The molecule has 0 spiro atoms. The van der Waals surface area contributed by atoms with E-state index in [9.17, 15) is 4.79 Å². The first kappa shape index (κ1) is 22.0. The molecule has 0 aromatic heterocycles. The molecular weight excluding hydrogens is 338 g/mol. The van der Waals surface area contributed by atoms with Gasteiger partial charge in [-0.25, -0.2) is 0 Å². The van der Waals surface area contributed by atoms with E-state index in [1.54, 1.807) is 11.9 Å². The van der Waals surface area contributed by atoms with Crippen molar-refractivity contribution < 1.29 is 4.79 Å². The number of hydrogen-bond acceptors (Lipinski definition) is 3. The van der Waals surface area contributed by atoms with Crippen molar-refractivity contribution in [3.63, 3.8) is 0 Å². The largest absolute Gasteiger partial charge is 0.356 e. The van der Waals surface area contributed by atoms with Crippen LogP contribution in [0.5, 0.6) is 0 Å². The van der Waals surface area contributed by atoms with Crippen molar-refractivity contribution in [3.8, 4) is 0 Å². The van der Waals surface area contributed by atoms with E-state index in [-0.39, 0.29) is 11.3 Å². The molecule has 0 atom stereocenters. The standard InChI is InChI=1S/C21H41N5O/c1-22-20(23-15-10-16-26(4)18-11-6-5-7-12-18)24-17-21(13-8-9-14-21)19(27)25(2)3/h18H,5-17H2,1-4H3,(H2,22,23,24). The highest BCUT2D eigenvalue weighted by Crippen LogP contribution is 2.38. The molecule has 0 aromatic carbocycles. The number of nitrogens with zero attached hydrogens (tertiary/aromatic N) is 3. The number of nitrogens with one attached hydrogen (secondary N) is 2. The molecule has 0 heterocycles. The Morgan fingerprint density at radius 3 is 2.30 bits per heavy atom. The Bertz CT molecular complexity index is 479. The second-order valence-electron chi connectivity index (χ2n) is 8.67. The number of amides is 1. The highest BCUT2D eigenvalue weighted by Gasteiger charge is 2.42. The minimum absolute atomic E-state index is 0.247. The topological polar surface area (TPSA) is 60.0 Å². The molecule has 2 aliphatic rings. The molecule has 6 nitrogen and oxygen atoms in total. The van der Waals surface area contributed by atoms with Crippen LogP contribution in [0.25, 0.3) is 0 Å². The van der Waals surface area contributed by atoms with E-state index in [0.29, 0.717) is 6.54 Å². The Kier molecular flexibility index (Phi) is 8.87. The van der Waals surface area contributed by atoms with E-state index in [0.717, 1.165) is 57.2 Å². The van der Waals surface area contributed by atoms with Crippen molar-refractivity contribution in [2.45, 2.75) is 70.3 Å². The zero-order chi connectivity index (χ0) is 19.7. The molecule has 2 aliphatic carbocycles. The first-order chi connectivity index (χ1) is 13.0. The molecule has 2 saturated carbocycles. The van der Waals surface area contributed by atoms with Crippen LogP contribution in [0.4, 0.5) is 0 Å². The van der Waals surface area contributed by atoms with Gasteiger partial charge in [-0.2, -0.15) is 0 Å². The molecule has 0 radical (unpaired) electrons. The van der Waals surface area contributed by atoms with E-state index in [2.05, 4.69) is 27.6 Å². The van der Waals surface area contributed by atoms with Gasteiger partial charge in [0.1, 0.15) is 0 Å². The summed E-state index contributed by atoms with van der Waals surface area (Å²) >= 11 is 0. The van der Waals surface area contributed by atoms with Crippen molar-refractivity contribution in [1.82, 2.24) is 20.4 Å². The summed E-state index contributed by atoms with van der Waals surface area (Å²) in [6.45, 7) is 2.70. The lowest BCUT2D eigenvalue weighted by Gasteiger charge is -2.32. The number of guanidine groups is 1. The van der Waals surface area contributed by atoms with Crippen LogP contribution in [0.1, 0.15) is 64.2 Å². The molecule has 6 heteroatoms. The highest BCUT2D eigenvalue weighted by molar-refractivity contribution is 5.85. The molecule has 0 aromatic rings. The zero-order valence-electron chi connectivity index (χ0n) is 18.0. The molecule has 27 heavy (non-hydrogen) atoms. The van der Waals surface area contributed by atoms with Gasteiger partial charge in [0.15, 0.2) is 5.96 Å². The summed E-state index contributed by atoms with van der Waals surface area (Å²) in [6.07, 6.45) is 12.2. The lowest BCUT2D eigenvalue weighted by Crippen LogP contribution is -2.49. The third-order valence-corrected chi connectivity index (χ3v) is 6.42. The van der Waals surface area contributed by atoms with E-state index in [1.165, 1.54) is 32.1 Å². The number of aliphatic imine (C=N–C) groups is 1. The minimum atomic E-state index is -0.262. The average molecular weight is 380 g/mol. The molecule has 0 aliphatic heterocycles. The quantitative estimate of drug-likeness (QED) is 0.386. The maximum Gasteiger partial charge on any atom is 0.230 e. The third kappa shape index (κ3) is 6.37. The second kappa shape index (κ2) is 10.9. The minimum Gasteiger partial charge on any atom is -0.356 e. The Morgan fingerprint density at radius 1 is 1.04 bits per heavy atom. The molecule has 2 fully saturated rings. The molecule has 1 amide bonds. The van der Waals surface area contributed by atoms with Crippen LogP contribution in [0, 0.1) is 5.41 Å². The number of rotatable bonds is 8. The van der Waals surface area contributed by atoms with Gasteiger partial charge in [-0.15, -0.1) is 0 Å². The summed E-state index contributed by atoms with van der Waals surface area (Å²) in [6, 6.07) is 0.774. The predicted molar refractivity (Wildman–Crippen MR) is 113 cm³/mol. The van der Waals surface area contributed by atoms with Crippen LogP contribution in [0.15, 0.2) is 4.99 Å². The van der Waals surface area contributed by atoms with Crippen molar-refractivity contribution in [1.29, 1.82) is 0 Å². The molecule has 2 rings (SSSR count). The van der Waals surface area contributed by atoms with E-state index in [4.69, 9.17) is 0 Å². The zero-order valence-corrected chi connectivity index (χ0v) is 18.0. The van der Waals surface area contributed by atoms with Crippen LogP contribution in [-0.4, -0.2) is 75.5 Å². The van der Waals surface area contributed by atoms with Gasteiger partial charge in [0, 0.05) is 40.3 Å². The molecule has 0 saturated heterocycles. The summed E-state index contributed by atoms with van der Waals surface area (Å²) in [5.41, 5.74) is -0.262. The highest BCUT2D eigenvalue weighted by atomic mass is 16.2.